The van der Waals surface area contributed by atoms with E-state index in [0.717, 1.165) is 0 Å². The van der Waals surface area contributed by atoms with Gasteiger partial charge in [-0.3, -0.25) is 0 Å². The quantitative estimate of drug-likeness (QED) is 0.561. The van der Waals surface area contributed by atoms with Gasteiger partial charge in [0.2, 0.25) is 0 Å². The van der Waals surface area contributed by atoms with Gasteiger partial charge >= 0.3 is 0 Å². The van der Waals surface area contributed by atoms with Crippen molar-refractivity contribution in [3.8, 4) is 11.1 Å². The van der Waals surface area contributed by atoms with E-state index in [0.29, 0.717) is 11.1 Å². The van der Waals surface area contributed by atoms with Crippen molar-refractivity contribution >= 4 is 0 Å². The molecule has 2 aliphatic carbocycles. The molecule has 0 aromatic heterocycles. The average molecular weight is 164 g/mol. The standard InChI is InChI=1S/C10H6F2/c11-9-6-7-4-2-1-3-5-8(7)10(9)12/h1-6H. The number of rotatable bonds is 0. The Morgan fingerprint density at radius 3 is 2.50 bits per heavy atom. The van der Waals surface area contributed by atoms with Crippen LogP contribution in [0.1, 0.15) is 0 Å². The Balaban J connectivity index is 2.79. The van der Waals surface area contributed by atoms with E-state index in [9.17, 15) is 8.78 Å². The van der Waals surface area contributed by atoms with Crippen molar-refractivity contribution in [1.82, 2.24) is 0 Å². The third-order valence-electron chi connectivity index (χ3n) is 1.80. The van der Waals surface area contributed by atoms with Crippen molar-refractivity contribution in [1.29, 1.82) is 0 Å². The van der Waals surface area contributed by atoms with Crippen molar-refractivity contribution < 1.29 is 8.78 Å². The van der Waals surface area contributed by atoms with Crippen LogP contribution in [0.2, 0.25) is 0 Å². The van der Waals surface area contributed by atoms with Crippen LogP contribution >= 0.6 is 0 Å². The number of fused-ring (bicyclic) bond motifs is 1. The summed E-state index contributed by atoms with van der Waals surface area (Å²) < 4.78 is 25.6. The highest BCUT2D eigenvalue weighted by molar-refractivity contribution is 5.66. The van der Waals surface area contributed by atoms with Crippen LogP contribution in [0.15, 0.2) is 36.4 Å². The zero-order chi connectivity index (χ0) is 8.55. The molecule has 2 aliphatic rings. The van der Waals surface area contributed by atoms with Gasteiger partial charge in [0.15, 0.2) is 11.6 Å². The molecule has 0 atom stereocenters. The van der Waals surface area contributed by atoms with E-state index in [1.165, 1.54) is 6.07 Å². The van der Waals surface area contributed by atoms with Crippen molar-refractivity contribution in [3.63, 3.8) is 0 Å². The first-order valence-corrected chi connectivity index (χ1v) is 3.62. The smallest absolute Gasteiger partial charge is 0.166 e. The molecule has 0 fully saturated rings. The molecule has 0 aliphatic heterocycles. The molecule has 0 aromatic carbocycles. The van der Waals surface area contributed by atoms with Crippen molar-refractivity contribution in [2.45, 2.75) is 0 Å². The Kier molecular flexibility index (Phi) is 1.54. The van der Waals surface area contributed by atoms with Gasteiger partial charge in [-0.15, -0.1) is 0 Å². The molecule has 60 valence electrons. The fourth-order valence-electron chi connectivity index (χ4n) is 1.22. The highest BCUT2D eigenvalue weighted by atomic mass is 19.2. The second kappa shape index (κ2) is 2.55. The minimum absolute atomic E-state index is 0.331. The summed E-state index contributed by atoms with van der Waals surface area (Å²) in [6.45, 7) is 0. The molecule has 0 saturated carbocycles. The van der Waals surface area contributed by atoms with Crippen LogP contribution in [0, 0.1) is 11.6 Å². The van der Waals surface area contributed by atoms with Crippen LogP contribution in [0.3, 0.4) is 0 Å². The summed E-state index contributed by atoms with van der Waals surface area (Å²) in [5, 5.41) is 0. The predicted octanol–water partition coefficient (Wildman–Crippen LogP) is 3.07. The number of hydrogen-bond acceptors (Lipinski definition) is 0. The van der Waals surface area contributed by atoms with Crippen molar-refractivity contribution in [3.05, 3.63) is 48.0 Å². The van der Waals surface area contributed by atoms with E-state index in [-0.39, 0.29) is 0 Å². The zero-order valence-corrected chi connectivity index (χ0v) is 6.22. The number of halogens is 2. The van der Waals surface area contributed by atoms with Gasteiger partial charge in [0, 0.05) is 5.56 Å². The van der Waals surface area contributed by atoms with Gasteiger partial charge in [0.05, 0.1) is 0 Å². The van der Waals surface area contributed by atoms with E-state index >= 15 is 0 Å². The largest absolute Gasteiger partial charge is 0.204 e. The van der Waals surface area contributed by atoms with Crippen LogP contribution in [-0.4, -0.2) is 0 Å². The summed E-state index contributed by atoms with van der Waals surface area (Å²) >= 11 is 0. The average Bonchev–Trinajstić information content (AvgIpc) is 2.30. The fourth-order valence-corrected chi connectivity index (χ4v) is 1.22. The highest BCUT2D eigenvalue weighted by Crippen LogP contribution is 2.27. The number of hydrogen-bond donors (Lipinski definition) is 0. The second-order valence-corrected chi connectivity index (χ2v) is 2.59. The molecule has 0 spiro atoms. The third-order valence-corrected chi connectivity index (χ3v) is 1.80. The van der Waals surface area contributed by atoms with E-state index in [1.54, 1.807) is 30.3 Å². The van der Waals surface area contributed by atoms with Gasteiger partial charge in [-0.05, 0) is 11.6 Å². The van der Waals surface area contributed by atoms with Crippen molar-refractivity contribution in [2.75, 3.05) is 0 Å². The maximum Gasteiger partial charge on any atom is 0.166 e. The minimum Gasteiger partial charge on any atom is -0.204 e. The Morgan fingerprint density at radius 2 is 1.67 bits per heavy atom. The highest BCUT2D eigenvalue weighted by Gasteiger charge is 2.13. The normalized spacial score (nSPS) is 10.5. The van der Waals surface area contributed by atoms with Gasteiger partial charge in [0.25, 0.3) is 0 Å². The van der Waals surface area contributed by atoms with Gasteiger partial charge < -0.3 is 0 Å². The monoisotopic (exact) mass is 164 g/mol. The fraction of sp³-hybridized carbons (Fsp3) is 0. The van der Waals surface area contributed by atoms with Gasteiger partial charge in [0.1, 0.15) is 0 Å². The Morgan fingerprint density at radius 1 is 0.917 bits per heavy atom. The molecule has 0 saturated heterocycles. The van der Waals surface area contributed by atoms with Crippen molar-refractivity contribution in [2.24, 2.45) is 0 Å². The first-order chi connectivity index (χ1) is 5.79. The summed E-state index contributed by atoms with van der Waals surface area (Å²) in [6, 6.07) is 9.66. The molecule has 2 heteroatoms. The van der Waals surface area contributed by atoms with E-state index < -0.39 is 11.6 Å². The molecule has 0 heterocycles. The molecule has 0 unspecified atom stereocenters. The maximum atomic E-state index is 12.9. The lowest BCUT2D eigenvalue weighted by Gasteiger charge is -1.88. The minimum atomic E-state index is -0.781. The van der Waals surface area contributed by atoms with Crippen LogP contribution in [0.5, 0.6) is 0 Å². The Labute approximate surface area is 68.8 Å². The molecular weight excluding hydrogens is 158 g/mol. The lowest BCUT2D eigenvalue weighted by atomic mass is 10.2. The third kappa shape index (κ3) is 0.961. The van der Waals surface area contributed by atoms with Gasteiger partial charge in [-0.1, -0.05) is 30.3 Å². The molecular formula is C10H6F2. The van der Waals surface area contributed by atoms with Crippen LogP contribution < -0.4 is 0 Å². The summed E-state index contributed by atoms with van der Waals surface area (Å²) in [5.74, 6) is -1.54. The molecule has 0 nitrogen and oxygen atoms in total. The molecule has 0 aromatic rings. The Bertz CT molecular complexity index is 382. The summed E-state index contributed by atoms with van der Waals surface area (Å²) in [4.78, 5) is 0. The Hall–Kier alpha value is -1.44. The maximum absolute atomic E-state index is 12.9. The summed E-state index contributed by atoms with van der Waals surface area (Å²) in [7, 11) is 0. The van der Waals surface area contributed by atoms with Crippen LogP contribution in [0.25, 0.3) is 11.1 Å². The van der Waals surface area contributed by atoms with Crippen LogP contribution in [0.4, 0.5) is 8.78 Å². The van der Waals surface area contributed by atoms with E-state index in [4.69, 9.17) is 0 Å². The first-order valence-electron chi connectivity index (χ1n) is 3.62. The van der Waals surface area contributed by atoms with Gasteiger partial charge in [-0.2, -0.15) is 0 Å². The molecule has 0 amide bonds. The topological polar surface area (TPSA) is 0 Å². The molecule has 0 N–H and O–H groups in total. The van der Waals surface area contributed by atoms with E-state index in [2.05, 4.69) is 0 Å². The summed E-state index contributed by atoms with van der Waals surface area (Å²) in [5.41, 5.74) is 0.924. The van der Waals surface area contributed by atoms with E-state index in [1.807, 2.05) is 0 Å². The first kappa shape index (κ1) is 7.22. The second-order valence-electron chi connectivity index (χ2n) is 2.59. The molecule has 0 bridgehead atoms. The summed E-state index contributed by atoms with van der Waals surface area (Å²) in [6.07, 6.45) is 0. The van der Waals surface area contributed by atoms with Gasteiger partial charge in [-0.25, -0.2) is 8.78 Å². The predicted molar refractivity (Wildman–Crippen MR) is 43.0 cm³/mol. The lowest BCUT2D eigenvalue weighted by Crippen LogP contribution is -1.73. The molecule has 12 heavy (non-hydrogen) atoms. The lowest BCUT2D eigenvalue weighted by molar-refractivity contribution is 0.519. The molecule has 2 rings (SSSR count). The molecule has 0 radical (unpaired) electrons. The van der Waals surface area contributed by atoms with Crippen LogP contribution in [-0.2, 0) is 0 Å². The SMILES string of the molecule is Fc1cc2cccccc-2c1F. The zero-order valence-electron chi connectivity index (χ0n) is 6.22.